The molecule has 2 aromatic rings. The largest absolute Gasteiger partial charge is 0.0773 e. The summed E-state index contributed by atoms with van der Waals surface area (Å²) in [7, 11) is -0.764. The molecule has 0 nitrogen and oxygen atoms in total. The van der Waals surface area contributed by atoms with Crippen molar-refractivity contribution in [1.82, 2.24) is 0 Å². The van der Waals surface area contributed by atoms with Gasteiger partial charge in [0.15, 0.2) is 0 Å². The first-order valence-corrected chi connectivity index (χ1v) is 11.2. The molecule has 4 rings (SSSR count). The summed E-state index contributed by atoms with van der Waals surface area (Å²) in [6.45, 7) is 7.21. The Bertz CT molecular complexity index is 822. The molecular weight excluding hydrogens is 280 g/mol. The van der Waals surface area contributed by atoms with Crippen LogP contribution in [0.2, 0.25) is 13.1 Å². The van der Waals surface area contributed by atoms with Crippen LogP contribution in [0.1, 0.15) is 30.0 Å². The first-order valence-electron chi connectivity index (χ1n) is 8.27. The van der Waals surface area contributed by atoms with Gasteiger partial charge in [-0.1, -0.05) is 66.8 Å². The van der Waals surface area contributed by atoms with E-state index < -0.39 is 8.80 Å². The van der Waals surface area contributed by atoms with Crippen molar-refractivity contribution < 1.29 is 0 Å². The highest BCUT2D eigenvalue weighted by molar-refractivity contribution is 6.65. The van der Waals surface area contributed by atoms with Crippen LogP contribution in [0.4, 0.5) is 0 Å². The summed E-state index contributed by atoms with van der Waals surface area (Å²) < 4.78 is 0. The van der Waals surface area contributed by atoms with Gasteiger partial charge in [-0.15, -0.1) is 0 Å². The van der Waals surface area contributed by atoms with Gasteiger partial charge in [0.25, 0.3) is 0 Å². The van der Waals surface area contributed by atoms with Crippen LogP contribution in [0.25, 0.3) is 16.7 Å². The molecule has 22 heavy (non-hydrogen) atoms. The lowest BCUT2D eigenvalue weighted by Gasteiger charge is -2.16. The Kier molecular flexibility index (Phi) is 3.19. The Labute approximate surface area is 134 Å². The Morgan fingerprint density at radius 2 is 1.59 bits per heavy atom. The van der Waals surface area contributed by atoms with Crippen LogP contribution in [0.3, 0.4) is 0 Å². The summed E-state index contributed by atoms with van der Waals surface area (Å²) in [6, 6.07) is 15.8. The van der Waals surface area contributed by atoms with Gasteiger partial charge in [0.05, 0.1) is 8.80 Å². The minimum absolute atomic E-state index is 0.764. The molecular formula is C21H22Si. The predicted molar refractivity (Wildman–Crippen MR) is 98.9 cm³/mol. The van der Waals surface area contributed by atoms with E-state index in [1.165, 1.54) is 34.2 Å². The van der Waals surface area contributed by atoms with Gasteiger partial charge in [0.2, 0.25) is 0 Å². The Hall–Kier alpha value is -1.86. The Morgan fingerprint density at radius 3 is 2.41 bits per heavy atom. The molecule has 2 aromatic carbocycles. The van der Waals surface area contributed by atoms with Crippen molar-refractivity contribution >= 4 is 14.4 Å². The quantitative estimate of drug-likeness (QED) is 0.557. The van der Waals surface area contributed by atoms with Gasteiger partial charge in [-0.05, 0) is 58.7 Å². The lowest BCUT2D eigenvalue weighted by atomic mass is 9.93. The average Bonchev–Trinajstić information content (AvgIpc) is 3.07. The SMILES string of the molecule is CC1=CCC([SiH](C)C)=C1c1cccc2c1Cc1ccccc1-2. The highest BCUT2D eigenvalue weighted by atomic mass is 28.3. The van der Waals surface area contributed by atoms with Crippen LogP contribution < -0.4 is 0 Å². The summed E-state index contributed by atoms with van der Waals surface area (Å²) in [4.78, 5) is 0. The first kappa shape index (κ1) is 13.8. The van der Waals surface area contributed by atoms with Crippen LogP contribution in [0.5, 0.6) is 0 Å². The lowest BCUT2D eigenvalue weighted by Crippen LogP contribution is -2.07. The number of hydrogen-bond acceptors (Lipinski definition) is 0. The van der Waals surface area contributed by atoms with Crippen molar-refractivity contribution in [2.24, 2.45) is 0 Å². The number of fused-ring (bicyclic) bond motifs is 3. The van der Waals surface area contributed by atoms with E-state index in [2.05, 4.69) is 68.6 Å². The minimum Gasteiger partial charge on any atom is -0.0773 e. The zero-order chi connectivity index (χ0) is 15.3. The smallest absolute Gasteiger partial charge is 0.0607 e. The summed E-state index contributed by atoms with van der Waals surface area (Å²) >= 11 is 0. The second-order valence-electron chi connectivity index (χ2n) is 6.81. The van der Waals surface area contributed by atoms with Gasteiger partial charge in [-0.2, -0.15) is 0 Å². The molecule has 0 N–H and O–H groups in total. The van der Waals surface area contributed by atoms with Gasteiger partial charge in [-0.3, -0.25) is 0 Å². The maximum absolute atomic E-state index is 2.46. The van der Waals surface area contributed by atoms with Crippen molar-refractivity contribution in [3.63, 3.8) is 0 Å². The van der Waals surface area contributed by atoms with E-state index in [1.54, 1.807) is 16.3 Å². The van der Waals surface area contributed by atoms with E-state index in [0.29, 0.717) is 0 Å². The van der Waals surface area contributed by atoms with Crippen molar-refractivity contribution in [2.45, 2.75) is 32.9 Å². The molecule has 0 saturated heterocycles. The van der Waals surface area contributed by atoms with E-state index in [1.807, 2.05) is 0 Å². The molecule has 0 radical (unpaired) electrons. The molecule has 0 heterocycles. The van der Waals surface area contributed by atoms with Gasteiger partial charge < -0.3 is 0 Å². The molecule has 2 aliphatic carbocycles. The maximum Gasteiger partial charge on any atom is 0.0607 e. The summed E-state index contributed by atoms with van der Waals surface area (Å²) in [5.74, 6) is 0. The average molecular weight is 302 g/mol. The Morgan fingerprint density at radius 1 is 0.864 bits per heavy atom. The highest BCUT2D eigenvalue weighted by Crippen LogP contribution is 2.44. The zero-order valence-corrected chi connectivity index (χ0v) is 14.8. The summed E-state index contributed by atoms with van der Waals surface area (Å²) in [5.41, 5.74) is 10.5. The zero-order valence-electron chi connectivity index (χ0n) is 13.6. The molecule has 0 bridgehead atoms. The summed E-state index contributed by atoms with van der Waals surface area (Å²) in [6.07, 6.45) is 4.70. The highest BCUT2D eigenvalue weighted by Gasteiger charge is 2.25. The number of rotatable bonds is 2. The van der Waals surface area contributed by atoms with Crippen LogP contribution in [-0.2, 0) is 6.42 Å². The van der Waals surface area contributed by atoms with Gasteiger partial charge in [0.1, 0.15) is 0 Å². The van der Waals surface area contributed by atoms with E-state index in [0.717, 1.165) is 6.42 Å². The van der Waals surface area contributed by atoms with Gasteiger partial charge in [0, 0.05) is 0 Å². The molecule has 0 fully saturated rings. The molecule has 0 atom stereocenters. The second-order valence-corrected chi connectivity index (χ2v) is 9.82. The van der Waals surface area contributed by atoms with E-state index in [9.17, 15) is 0 Å². The van der Waals surface area contributed by atoms with E-state index >= 15 is 0 Å². The van der Waals surface area contributed by atoms with Crippen molar-refractivity contribution in [3.8, 4) is 11.1 Å². The molecule has 110 valence electrons. The lowest BCUT2D eigenvalue weighted by molar-refractivity contribution is 1.24. The molecule has 2 aliphatic rings. The fourth-order valence-electron chi connectivity index (χ4n) is 4.02. The monoisotopic (exact) mass is 302 g/mol. The molecule has 1 heteroatoms. The molecule has 0 spiro atoms. The van der Waals surface area contributed by atoms with Crippen LogP contribution in [0, 0.1) is 0 Å². The third kappa shape index (κ3) is 1.96. The standard InChI is InChI=1S/C21H22Si/c1-14-11-12-20(22(2)3)21(14)18-10-6-9-17-16-8-5-4-7-15(16)13-19(17)18/h4-11,22H,12-13H2,1-3H3. The Balaban J connectivity index is 1.93. The minimum atomic E-state index is -0.764. The molecule has 0 unspecified atom stereocenters. The molecule has 0 amide bonds. The normalized spacial score (nSPS) is 16.1. The number of allylic oxidation sites excluding steroid dienone is 4. The fourth-order valence-corrected chi connectivity index (χ4v) is 5.57. The van der Waals surface area contributed by atoms with Crippen LogP contribution in [-0.4, -0.2) is 8.80 Å². The number of benzene rings is 2. The van der Waals surface area contributed by atoms with E-state index in [-0.39, 0.29) is 0 Å². The molecule has 0 aromatic heterocycles. The third-order valence-corrected chi connectivity index (χ3v) is 7.08. The maximum atomic E-state index is 2.46. The molecule has 0 saturated carbocycles. The van der Waals surface area contributed by atoms with E-state index in [4.69, 9.17) is 0 Å². The topological polar surface area (TPSA) is 0 Å². The van der Waals surface area contributed by atoms with Crippen molar-refractivity contribution in [1.29, 1.82) is 0 Å². The predicted octanol–water partition coefficient (Wildman–Crippen LogP) is 5.39. The molecule has 0 aliphatic heterocycles. The third-order valence-electron chi connectivity index (χ3n) is 5.16. The summed E-state index contributed by atoms with van der Waals surface area (Å²) in [5, 5.41) is 1.74. The van der Waals surface area contributed by atoms with Crippen LogP contribution >= 0.6 is 0 Å². The van der Waals surface area contributed by atoms with Crippen LogP contribution in [0.15, 0.2) is 59.3 Å². The van der Waals surface area contributed by atoms with Gasteiger partial charge >= 0.3 is 0 Å². The van der Waals surface area contributed by atoms with Crippen molar-refractivity contribution in [2.75, 3.05) is 0 Å². The van der Waals surface area contributed by atoms with Crippen molar-refractivity contribution in [3.05, 3.63) is 76.0 Å². The van der Waals surface area contributed by atoms with Gasteiger partial charge in [-0.25, -0.2) is 0 Å². The number of hydrogen-bond donors (Lipinski definition) is 0. The second kappa shape index (κ2) is 5.10. The fraction of sp³-hybridized carbons (Fsp3) is 0.238. The first-order chi connectivity index (χ1) is 10.7.